The molecule has 0 saturated carbocycles. The molecule has 0 bridgehead atoms. The number of thiophene rings is 1. The molecule has 0 aliphatic heterocycles. The van der Waals surface area contributed by atoms with Crippen molar-refractivity contribution in [3.63, 3.8) is 0 Å². The number of halogens is 1. The average molecular weight is 398 g/mol. The quantitative estimate of drug-likeness (QED) is 0.590. The number of aliphatic hydroxyl groups excluding tert-OH is 1. The van der Waals surface area contributed by atoms with Crippen molar-refractivity contribution in [2.45, 2.75) is 56.2 Å². The summed E-state index contributed by atoms with van der Waals surface area (Å²) in [6.07, 6.45) is 5.52. The van der Waals surface area contributed by atoms with Crippen LogP contribution < -0.4 is 4.72 Å². The number of nitrogens with one attached hydrogen (secondary N) is 1. The van der Waals surface area contributed by atoms with E-state index < -0.39 is 16.1 Å². The number of sulfonamides is 1. The molecular weight excluding hydrogens is 374 g/mol. The smallest absolute Gasteiger partial charge is 0.250 e. The van der Waals surface area contributed by atoms with Crippen LogP contribution in [0, 0.1) is 5.92 Å². The molecule has 0 aliphatic carbocycles. The number of aliphatic hydroxyl groups is 1. The first kappa shape index (κ1) is 19.1. The van der Waals surface area contributed by atoms with Crippen LogP contribution in [0.2, 0.25) is 0 Å². The largest absolute Gasteiger partial charge is 0.395 e. The van der Waals surface area contributed by atoms with E-state index in [4.69, 9.17) is 0 Å². The fourth-order valence-electron chi connectivity index (χ4n) is 2.13. The summed E-state index contributed by atoms with van der Waals surface area (Å²) in [7, 11) is -3.55. The standard InChI is InChI=1S/C14H24BrNO3S2/c1-3-4-5-6-7-11(2)12(10-17)16-21(18,19)14-9-8-13(15)20-14/h8-9,11-12,16-17H,3-7,10H2,1-2H3/t11-,12+/m1/s1. The van der Waals surface area contributed by atoms with Crippen molar-refractivity contribution in [2.75, 3.05) is 6.61 Å². The molecule has 0 spiro atoms. The summed E-state index contributed by atoms with van der Waals surface area (Å²) in [5.41, 5.74) is 0. The van der Waals surface area contributed by atoms with Gasteiger partial charge in [-0.1, -0.05) is 39.5 Å². The van der Waals surface area contributed by atoms with Gasteiger partial charge in [-0.25, -0.2) is 13.1 Å². The normalized spacial score (nSPS) is 15.0. The third-order valence-corrected chi connectivity index (χ3v) is 7.12. The van der Waals surface area contributed by atoms with E-state index in [-0.39, 0.29) is 16.7 Å². The van der Waals surface area contributed by atoms with E-state index in [2.05, 4.69) is 27.6 Å². The van der Waals surface area contributed by atoms with Gasteiger partial charge < -0.3 is 5.11 Å². The van der Waals surface area contributed by atoms with Gasteiger partial charge in [-0.2, -0.15) is 0 Å². The van der Waals surface area contributed by atoms with Crippen molar-refractivity contribution >= 4 is 37.3 Å². The second-order valence-corrected chi connectivity index (χ2v) is 9.70. The molecular formula is C14H24BrNO3S2. The van der Waals surface area contributed by atoms with Gasteiger partial charge in [0.25, 0.3) is 0 Å². The first-order valence-corrected chi connectivity index (χ1v) is 10.4. The molecule has 0 aliphatic rings. The van der Waals surface area contributed by atoms with E-state index in [1.807, 2.05) is 6.92 Å². The molecule has 4 nitrogen and oxygen atoms in total. The second-order valence-electron chi connectivity index (χ2n) is 5.30. The highest BCUT2D eigenvalue weighted by molar-refractivity contribution is 9.11. The predicted octanol–water partition coefficient (Wildman–Crippen LogP) is 3.76. The van der Waals surface area contributed by atoms with Crippen molar-refractivity contribution in [1.82, 2.24) is 4.72 Å². The number of hydrogen-bond acceptors (Lipinski definition) is 4. The molecule has 2 N–H and O–H groups in total. The van der Waals surface area contributed by atoms with Gasteiger partial charge in [0, 0.05) is 6.04 Å². The van der Waals surface area contributed by atoms with E-state index in [1.54, 1.807) is 12.1 Å². The SMILES string of the molecule is CCCCCC[C@@H](C)[C@H](CO)NS(=O)(=O)c1ccc(Br)s1. The Bertz CT molecular complexity index is 516. The van der Waals surface area contributed by atoms with Crippen LogP contribution in [0.3, 0.4) is 0 Å². The minimum atomic E-state index is -3.55. The Kier molecular flexibility index (Phi) is 8.41. The second kappa shape index (κ2) is 9.25. The van der Waals surface area contributed by atoms with Crippen LogP contribution in [0.4, 0.5) is 0 Å². The van der Waals surface area contributed by atoms with E-state index >= 15 is 0 Å². The molecule has 0 aromatic carbocycles. The van der Waals surface area contributed by atoms with Crippen LogP contribution in [0.15, 0.2) is 20.1 Å². The van der Waals surface area contributed by atoms with Gasteiger partial charge in [-0.15, -0.1) is 11.3 Å². The predicted molar refractivity (Wildman–Crippen MR) is 91.1 cm³/mol. The molecule has 0 amide bonds. The third-order valence-electron chi connectivity index (χ3n) is 3.52. The van der Waals surface area contributed by atoms with Crippen molar-refractivity contribution in [1.29, 1.82) is 0 Å². The Morgan fingerprint density at radius 2 is 2.05 bits per heavy atom. The van der Waals surface area contributed by atoms with Crippen molar-refractivity contribution in [2.24, 2.45) is 5.92 Å². The molecule has 7 heteroatoms. The molecule has 21 heavy (non-hydrogen) atoms. The van der Waals surface area contributed by atoms with Gasteiger partial charge in [0.1, 0.15) is 4.21 Å². The zero-order valence-corrected chi connectivity index (χ0v) is 15.7. The fraction of sp³-hybridized carbons (Fsp3) is 0.714. The summed E-state index contributed by atoms with van der Waals surface area (Å²) in [5.74, 6) is 0.116. The van der Waals surface area contributed by atoms with Crippen LogP contribution in [0.25, 0.3) is 0 Å². The summed E-state index contributed by atoms with van der Waals surface area (Å²) in [6, 6.07) is 2.84. The molecule has 0 unspecified atom stereocenters. The molecule has 1 aromatic heterocycles. The Morgan fingerprint density at radius 3 is 2.57 bits per heavy atom. The van der Waals surface area contributed by atoms with Gasteiger partial charge in [0.05, 0.1) is 10.4 Å². The van der Waals surface area contributed by atoms with Gasteiger partial charge >= 0.3 is 0 Å². The van der Waals surface area contributed by atoms with Crippen molar-refractivity contribution in [3.05, 3.63) is 15.9 Å². The molecule has 1 rings (SSSR count). The average Bonchev–Trinajstić information content (AvgIpc) is 2.88. The molecule has 1 heterocycles. The fourth-order valence-corrected chi connectivity index (χ4v) is 5.49. The minimum Gasteiger partial charge on any atom is -0.395 e. The van der Waals surface area contributed by atoms with Crippen LogP contribution in [0.1, 0.15) is 46.0 Å². The van der Waals surface area contributed by atoms with E-state index in [0.29, 0.717) is 0 Å². The van der Waals surface area contributed by atoms with Crippen LogP contribution in [0.5, 0.6) is 0 Å². The highest BCUT2D eigenvalue weighted by atomic mass is 79.9. The van der Waals surface area contributed by atoms with E-state index in [0.717, 1.165) is 23.0 Å². The maximum atomic E-state index is 12.3. The Morgan fingerprint density at radius 1 is 1.33 bits per heavy atom. The monoisotopic (exact) mass is 397 g/mol. The molecule has 0 fully saturated rings. The molecule has 2 atom stereocenters. The van der Waals surface area contributed by atoms with Crippen molar-refractivity contribution in [3.8, 4) is 0 Å². The zero-order chi connectivity index (χ0) is 15.9. The highest BCUT2D eigenvalue weighted by Gasteiger charge is 2.24. The number of hydrogen-bond donors (Lipinski definition) is 2. The van der Waals surface area contributed by atoms with E-state index in [1.165, 1.54) is 24.2 Å². The van der Waals surface area contributed by atoms with Gasteiger partial charge in [-0.05, 0) is 40.4 Å². The van der Waals surface area contributed by atoms with Gasteiger partial charge in [-0.3, -0.25) is 0 Å². The van der Waals surface area contributed by atoms with Crippen LogP contribution >= 0.6 is 27.3 Å². The maximum absolute atomic E-state index is 12.3. The first-order chi connectivity index (χ1) is 9.90. The first-order valence-electron chi connectivity index (χ1n) is 7.29. The Balaban J connectivity index is 2.60. The minimum absolute atomic E-state index is 0.116. The summed E-state index contributed by atoms with van der Waals surface area (Å²) >= 11 is 4.43. The Labute approximate surface area is 140 Å². The summed E-state index contributed by atoms with van der Waals surface area (Å²) in [4.78, 5) is 0. The van der Waals surface area contributed by atoms with Gasteiger partial charge in [0.15, 0.2) is 0 Å². The molecule has 0 radical (unpaired) electrons. The lowest BCUT2D eigenvalue weighted by Gasteiger charge is -2.22. The summed E-state index contributed by atoms with van der Waals surface area (Å²) in [6.45, 7) is 3.97. The Hall–Kier alpha value is 0.0500. The number of rotatable bonds is 10. The summed E-state index contributed by atoms with van der Waals surface area (Å²) < 4.78 is 28.2. The highest BCUT2D eigenvalue weighted by Crippen LogP contribution is 2.26. The van der Waals surface area contributed by atoms with Crippen LogP contribution in [-0.2, 0) is 10.0 Å². The van der Waals surface area contributed by atoms with Crippen molar-refractivity contribution < 1.29 is 13.5 Å². The topological polar surface area (TPSA) is 66.4 Å². The molecule has 1 aromatic rings. The molecule has 122 valence electrons. The number of unbranched alkanes of at least 4 members (excludes halogenated alkanes) is 3. The van der Waals surface area contributed by atoms with Crippen LogP contribution in [-0.4, -0.2) is 26.2 Å². The lowest BCUT2D eigenvalue weighted by molar-refractivity contribution is 0.214. The third kappa shape index (κ3) is 6.36. The maximum Gasteiger partial charge on any atom is 0.250 e. The zero-order valence-electron chi connectivity index (χ0n) is 12.5. The van der Waals surface area contributed by atoms with Gasteiger partial charge in [0.2, 0.25) is 10.0 Å². The lowest BCUT2D eigenvalue weighted by Crippen LogP contribution is -2.41. The summed E-state index contributed by atoms with van der Waals surface area (Å²) in [5, 5.41) is 9.48. The lowest BCUT2D eigenvalue weighted by atomic mass is 9.96. The van der Waals surface area contributed by atoms with E-state index in [9.17, 15) is 13.5 Å². The molecule has 0 saturated heterocycles.